The number of methoxy groups -OCH3 is 2. The molecule has 1 aliphatic heterocycles. The monoisotopic (exact) mass is 407 g/mol. The van der Waals surface area contributed by atoms with Gasteiger partial charge in [-0.1, -0.05) is 12.1 Å². The van der Waals surface area contributed by atoms with Crippen LogP contribution in [0.4, 0.5) is 0 Å². The second kappa shape index (κ2) is 13.0. The third kappa shape index (κ3) is 7.88. The van der Waals surface area contributed by atoms with Crippen LogP contribution in [0.3, 0.4) is 0 Å². The van der Waals surface area contributed by atoms with Crippen molar-refractivity contribution in [1.82, 2.24) is 20.9 Å². The van der Waals surface area contributed by atoms with E-state index in [9.17, 15) is 4.79 Å². The first-order chi connectivity index (χ1) is 14.2. The van der Waals surface area contributed by atoms with E-state index < -0.39 is 0 Å². The van der Waals surface area contributed by atoms with E-state index in [0.29, 0.717) is 25.7 Å². The zero-order chi connectivity index (χ0) is 20.9. The predicted octanol–water partition coefficient (Wildman–Crippen LogP) is -0.00390. The molecule has 1 unspecified atom stereocenters. The number of nitrogens with one attached hydrogen (secondary N) is 3. The van der Waals surface area contributed by atoms with E-state index in [2.05, 4.69) is 38.0 Å². The van der Waals surface area contributed by atoms with Crippen molar-refractivity contribution in [3.63, 3.8) is 0 Å². The quantitative estimate of drug-likeness (QED) is 0.285. The Morgan fingerprint density at radius 2 is 1.90 bits per heavy atom. The molecule has 1 aliphatic rings. The van der Waals surface area contributed by atoms with Crippen LogP contribution in [0.5, 0.6) is 5.75 Å². The smallest absolute Gasteiger partial charge is 0.239 e. The van der Waals surface area contributed by atoms with Crippen LogP contribution in [0, 0.1) is 0 Å². The molecule has 9 heteroatoms. The molecule has 9 nitrogen and oxygen atoms in total. The number of aliphatic imine (C=N–C) groups is 1. The van der Waals surface area contributed by atoms with E-state index in [0.717, 1.165) is 32.1 Å². The van der Waals surface area contributed by atoms with Crippen LogP contribution in [0.2, 0.25) is 0 Å². The number of morpholine rings is 1. The molecule has 1 aromatic carbocycles. The Kier molecular flexibility index (Phi) is 10.3. The highest BCUT2D eigenvalue weighted by Crippen LogP contribution is 2.23. The van der Waals surface area contributed by atoms with E-state index in [1.807, 2.05) is 12.1 Å². The highest BCUT2D eigenvalue weighted by atomic mass is 16.5. The van der Waals surface area contributed by atoms with E-state index in [4.69, 9.17) is 14.2 Å². The Balaban J connectivity index is 1.93. The van der Waals surface area contributed by atoms with Gasteiger partial charge in [0.1, 0.15) is 5.75 Å². The topological polar surface area (TPSA) is 96.5 Å². The van der Waals surface area contributed by atoms with Gasteiger partial charge >= 0.3 is 0 Å². The van der Waals surface area contributed by atoms with E-state index >= 15 is 0 Å². The average molecular weight is 408 g/mol. The lowest BCUT2D eigenvalue weighted by molar-refractivity contribution is -0.120. The molecule has 0 radical (unpaired) electrons. The molecule has 0 aliphatic carbocycles. The molecular formula is C20H33N5O4. The van der Waals surface area contributed by atoms with Crippen molar-refractivity contribution in [2.24, 2.45) is 4.99 Å². The fourth-order valence-electron chi connectivity index (χ4n) is 3.11. The molecule has 0 spiro atoms. The largest absolute Gasteiger partial charge is 0.497 e. The Morgan fingerprint density at radius 3 is 2.52 bits per heavy atom. The molecule has 162 valence electrons. The number of nitrogens with zero attached hydrogens (tertiary/aromatic N) is 2. The van der Waals surface area contributed by atoms with Crippen LogP contribution in [-0.4, -0.2) is 90.6 Å². The Morgan fingerprint density at radius 1 is 1.17 bits per heavy atom. The summed E-state index contributed by atoms with van der Waals surface area (Å²) in [5.74, 6) is 1.31. The second-order valence-electron chi connectivity index (χ2n) is 6.59. The molecule has 1 aromatic rings. The average Bonchev–Trinajstić information content (AvgIpc) is 2.77. The summed E-state index contributed by atoms with van der Waals surface area (Å²) in [4.78, 5) is 18.5. The van der Waals surface area contributed by atoms with Gasteiger partial charge in [0.15, 0.2) is 5.96 Å². The summed E-state index contributed by atoms with van der Waals surface area (Å²) in [7, 11) is 4.95. The number of guanidine groups is 1. The van der Waals surface area contributed by atoms with Gasteiger partial charge in [0.05, 0.1) is 39.5 Å². The lowest BCUT2D eigenvalue weighted by Gasteiger charge is -2.35. The van der Waals surface area contributed by atoms with Crippen molar-refractivity contribution in [3.05, 3.63) is 29.8 Å². The minimum absolute atomic E-state index is 0.107. The minimum atomic E-state index is -0.107. The lowest BCUT2D eigenvalue weighted by Crippen LogP contribution is -2.48. The van der Waals surface area contributed by atoms with E-state index in [1.54, 1.807) is 21.3 Å². The summed E-state index contributed by atoms with van der Waals surface area (Å²) in [6, 6.07) is 8.26. The molecule has 0 saturated carbocycles. The number of ether oxygens (including phenoxy) is 3. The third-order valence-corrected chi connectivity index (χ3v) is 4.72. The number of hydrogen-bond acceptors (Lipinski definition) is 6. The van der Waals surface area contributed by atoms with Crippen molar-refractivity contribution in [2.45, 2.75) is 6.04 Å². The van der Waals surface area contributed by atoms with E-state index in [-0.39, 0.29) is 18.5 Å². The number of carbonyl (C=O) groups is 1. The second-order valence-corrected chi connectivity index (χ2v) is 6.59. The molecule has 2 rings (SSSR count). The van der Waals surface area contributed by atoms with Crippen LogP contribution >= 0.6 is 0 Å². The summed E-state index contributed by atoms with van der Waals surface area (Å²) < 4.78 is 15.7. The lowest BCUT2D eigenvalue weighted by atomic mass is 10.0. The number of amides is 1. The molecular weight excluding hydrogens is 374 g/mol. The molecule has 1 amide bonds. The summed E-state index contributed by atoms with van der Waals surface area (Å²) in [5.41, 5.74) is 1.19. The summed E-state index contributed by atoms with van der Waals surface area (Å²) in [6.45, 7) is 4.95. The minimum Gasteiger partial charge on any atom is -0.497 e. The molecule has 1 fully saturated rings. The van der Waals surface area contributed by atoms with Gasteiger partial charge in [0, 0.05) is 40.3 Å². The summed E-state index contributed by atoms with van der Waals surface area (Å²) >= 11 is 0. The SMILES string of the molecule is CN=C(NCC(=O)NCCOC)NCC(c1ccc(OC)cc1)N1CCOCC1. The van der Waals surface area contributed by atoms with Crippen molar-refractivity contribution >= 4 is 11.9 Å². The molecule has 1 heterocycles. The van der Waals surface area contributed by atoms with Crippen LogP contribution < -0.4 is 20.7 Å². The molecule has 29 heavy (non-hydrogen) atoms. The number of hydrogen-bond donors (Lipinski definition) is 3. The van der Waals surface area contributed by atoms with Crippen LogP contribution in [0.25, 0.3) is 0 Å². The first kappa shape index (κ1) is 22.9. The Hall–Kier alpha value is -2.36. The van der Waals surface area contributed by atoms with Gasteiger partial charge in [-0.25, -0.2) is 0 Å². The maximum atomic E-state index is 11.9. The maximum absolute atomic E-state index is 11.9. The number of benzene rings is 1. The van der Waals surface area contributed by atoms with Gasteiger partial charge < -0.3 is 30.2 Å². The summed E-state index contributed by atoms with van der Waals surface area (Å²) in [6.07, 6.45) is 0. The first-order valence-corrected chi connectivity index (χ1v) is 9.83. The van der Waals surface area contributed by atoms with Gasteiger partial charge in [-0.3, -0.25) is 14.7 Å². The van der Waals surface area contributed by atoms with Crippen LogP contribution in [0.1, 0.15) is 11.6 Å². The van der Waals surface area contributed by atoms with Gasteiger partial charge in [0.25, 0.3) is 0 Å². The highest BCUT2D eigenvalue weighted by molar-refractivity contribution is 5.86. The van der Waals surface area contributed by atoms with Gasteiger partial charge in [-0.15, -0.1) is 0 Å². The fraction of sp³-hybridized carbons (Fsp3) is 0.600. The summed E-state index contributed by atoms with van der Waals surface area (Å²) in [5, 5.41) is 9.16. The van der Waals surface area contributed by atoms with Gasteiger partial charge in [-0.2, -0.15) is 0 Å². The Labute approximate surface area is 172 Å². The standard InChI is InChI=1S/C20H33N5O4/c1-21-20(24-15-19(26)22-8-11-27-2)23-14-18(25-9-12-29-13-10-25)16-4-6-17(28-3)7-5-16/h4-7,18H,8-15H2,1-3H3,(H,22,26)(H2,21,23,24). The zero-order valence-electron chi connectivity index (χ0n) is 17.6. The maximum Gasteiger partial charge on any atom is 0.239 e. The van der Waals surface area contributed by atoms with Gasteiger partial charge in [-0.05, 0) is 17.7 Å². The molecule has 1 saturated heterocycles. The van der Waals surface area contributed by atoms with E-state index in [1.165, 1.54) is 5.56 Å². The molecule has 0 aromatic heterocycles. The fourth-order valence-corrected chi connectivity index (χ4v) is 3.11. The predicted molar refractivity (Wildman–Crippen MR) is 112 cm³/mol. The number of rotatable bonds is 10. The van der Waals surface area contributed by atoms with Crippen molar-refractivity contribution < 1.29 is 19.0 Å². The molecule has 1 atom stereocenters. The van der Waals surface area contributed by atoms with Crippen molar-refractivity contribution in [3.8, 4) is 5.75 Å². The van der Waals surface area contributed by atoms with Crippen molar-refractivity contribution in [1.29, 1.82) is 0 Å². The third-order valence-electron chi connectivity index (χ3n) is 4.72. The molecule has 3 N–H and O–H groups in total. The zero-order valence-corrected chi connectivity index (χ0v) is 17.6. The van der Waals surface area contributed by atoms with Crippen molar-refractivity contribution in [2.75, 3.05) is 73.8 Å². The van der Waals surface area contributed by atoms with Crippen LogP contribution in [-0.2, 0) is 14.3 Å². The normalized spacial score (nSPS) is 16.2. The van der Waals surface area contributed by atoms with Crippen LogP contribution in [0.15, 0.2) is 29.3 Å². The Bertz CT molecular complexity index is 632. The molecule has 0 bridgehead atoms. The van der Waals surface area contributed by atoms with Gasteiger partial charge in [0.2, 0.25) is 5.91 Å². The first-order valence-electron chi connectivity index (χ1n) is 9.83. The highest BCUT2D eigenvalue weighted by Gasteiger charge is 2.23. The number of carbonyl (C=O) groups excluding carboxylic acids is 1.